The van der Waals surface area contributed by atoms with Gasteiger partial charge in [0.25, 0.3) is 0 Å². The number of carbonyl (C=O) groups excluding carboxylic acids is 1. The van der Waals surface area contributed by atoms with Crippen molar-refractivity contribution in [2.45, 2.75) is 46.1 Å². The quantitative estimate of drug-likeness (QED) is 0.744. The molecule has 2 N–H and O–H groups in total. The Bertz CT molecular complexity index is 508. The molecule has 0 heterocycles. The number of benzene rings is 1. The Hall–Kier alpha value is -1.61. The van der Waals surface area contributed by atoms with Gasteiger partial charge in [0.05, 0.1) is 0 Å². The molecule has 120 valence electrons. The van der Waals surface area contributed by atoms with Crippen molar-refractivity contribution >= 4 is 11.6 Å². The molecule has 0 aliphatic heterocycles. The van der Waals surface area contributed by atoms with Crippen molar-refractivity contribution in [1.82, 2.24) is 5.32 Å². The van der Waals surface area contributed by atoms with Crippen molar-refractivity contribution in [3.05, 3.63) is 42.0 Å². The van der Waals surface area contributed by atoms with Crippen molar-refractivity contribution in [3.63, 3.8) is 0 Å². The van der Waals surface area contributed by atoms with E-state index >= 15 is 0 Å². The SMILES string of the molecule is CC(C)CC(=O)Nc1cccc(CNC[C@H]2CC=CCC2)c1. The van der Waals surface area contributed by atoms with E-state index in [1.54, 1.807) is 0 Å². The number of nitrogens with one attached hydrogen (secondary N) is 2. The molecule has 0 spiro atoms. The molecule has 2 rings (SSSR count). The molecule has 3 nitrogen and oxygen atoms in total. The maximum absolute atomic E-state index is 11.8. The van der Waals surface area contributed by atoms with E-state index in [0.717, 1.165) is 24.7 Å². The van der Waals surface area contributed by atoms with Gasteiger partial charge in [-0.3, -0.25) is 4.79 Å². The number of carbonyl (C=O) groups is 1. The summed E-state index contributed by atoms with van der Waals surface area (Å²) in [7, 11) is 0. The number of rotatable bonds is 7. The molecule has 1 atom stereocenters. The highest BCUT2D eigenvalue weighted by Crippen LogP contribution is 2.17. The normalized spacial score (nSPS) is 17.7. The van der Waals surface area contributed by atoms with Gasteiger partial charge in [-0.25, -0.2) is 0 Å². The van der Waals surface area contributed by atoms with Gasteiger partial charge in [-0.1, -0.05) is 38.1 Å². The van der Waals surface area contributed by atoms with E-state index in [1.165, 1.54) is 24.8 Å². The van der Waals surface area contributed by atoms with Crippen LogP contribution < -0.4 is 10.6 Å². The van der Waals surface area contributed by atoms with Crippen molar-refractivity contribution in [2.75, 3.05) is 11.9 Å². The van der Waals surface area contributed by atoms with Gasteiger partial charge in [-0.2, -0.15) is 0 Å². The maximum atomic E-state index is 11.8. The van der Waals surface area contributed by atoms with Crippen LogP contribution in [0.2, 0.25) is 0 Å². The molecule has 1 aromatic rings. The van der Waals surface area contributed by atoms with Gasteiger partial charge < -0.3 is 10.6 Å². The Kier molecular flexibility index (Phi) is 6.66. The predicted molar refractivity (Wildman–Crippen MR) is 92.7 cm³/mol. The summed E-state index contributed by atoms with van der Waals surface area (Å²) >= 11 is 0. The third kappa shape index (κ3) is 6.02. The first-order valence-corrected chi connectivity index (χ1v) is 8.38. The lowest BCUT2D eigenvalue weighted by atomic mass is 9.94. The van der Waals surface area contributed by atoms with Crippen LogP contribution in [0.3, 0.4) is 0 Å². The van der Waals surface area contributed by atoms with Crippen LogP contribution in [0.5, 0.6) is 0 Å². The van der Waals surface area contributed by atoms with E-state index in [9.17, 15) is 4.79 Å². The van der Waals surface area contributed by atoms with Crippen molar-refractivity contribution in [1.29, 1.82) is 0 Å². The topological polar surface area (TPSA) is 41.1 Å². The molecule has 0 fully saturated rings. The second-order valence-electron chi connectivity index (χ2n) is 6.63. The molecular weight excluding hydrogens is 272 g/mol. The minimum absolute atomic E-state index is 0.0918. The lowest BCUT2D eigenvalue weighted by Crippen LogP contribution is -2.23. The number of allylic oxidation sites excluding steroid dienone is 2. The fraction of sp³-hybridized carbons (Fsp3) is 0.526. The van der Waals surface area contributed by atoms with Crippen LogP contribution in [-0.4, -0.2) is 12.5 Å². The van der Waals surface area contributed by atoms with Crippen LogP contribution >= 0.6 is 0 Å². The van der Waals surface area contributed by atoms with Crippen molar-refractivity contribution in [3.8, 4) is 0 Å². The fourth-order valence-electron chi connectivity index (χ4n) is 2.80. The van der Waals surface area contributed by atoms with Crippen LogP contribution in [0, 0.1) is 11.8 Å². The molecule has 0 bridgehead atoms. The summed E-state index contributed by atoms with van der Waals surface area (Å²) in [6, 6.07) is 8.12. The lowest BCUT2D eigenvalue weighted by Gasteiger charge is -2.18. The second kappa shape index (κ2) is 8.74. The zero-order chi connectivity index (χ0) is 15.8. The third-order valence-corrected chi connectivity index (χ3v) is 3.94. The predicted octanol–water partition coefficient (Wildman–Crippen LogP) is 4.12. The Balaban J connectivity index is 1.78. The minimum atomic E-state index is 0.0918. The van der Waals surface area contributed by atoms with Crippen molar-refractivity contribution < 1.29 is 4.79 Å². The maximum Gasteiger partial charge on any atom is 0.224 e. The summed E-state index contributed by atoms with van der Waals surface area (Å²) in [4.78, 5) is 11.8. The van der Waals surface area contributed by atoms with E-state index in [1.807, 2.05) is 12.1 Å². The summed E-state index contributed by atoms with van der Waals surface area (Å²) in [6.45, 7) is 6.03. The molecule has 0 saturated carbocycles. The second-order valence-corrected chi connectivity index (χ2v) is 6.63. The zero-order valence-corrected chi connectivity index (χ0v) is 13.8. The standard InChI is InChI=1S/C19H28N2O/c1-15(2)11-19(22)21-18-10-6-9-17(12-18)14-20-13-16-7-4-3-5-8-16/h3-4,6,9-10,12,15-16,20H,5,7-8,11,13-14H2,1-2H3,(H,21,22)/t16-/m0/s1. The molecule has 0 aromatic heterocycles. The number of amides is 1. The first-order chi connectivity index (χ1) is 10.6. The molecule has 0 saturated heterocycles. The van der Waals surface area contributed by atoms with Gasteiger partial charge in [0.1, 0.15) is 0 Å². The Morgan fingerprint density at radius 2 is 2.18 bits per heavy atom. The largest absolute Gasteiger partial charge is 0.326 e. The zero-order valence-electron chi connectivity index (χ0n) is 13.8. The van der Waals surface area contributed by atoms with Crippen molar-refractivity contribution in [2.24, 2.45) is 11.8 Å². The average molecular weight is 300 g/mol. The van der Waals surface area contributed by atoms with Crippen LogP contribution in [0.25, 0.3) is 0 Å². The first kappa shape index (κ1) is 16.8. The number of anilines is 1. The van der Waals surface area contributed by atoms with Gasteiger partial charge in [-0.05, 0) is 55.3 Å². The van der Waals surface area contributed by atoms with E-state index < -0.39 is 0 Å². The molecule has 0 radical (unpaired) electrons. The van der Waals surface area contributed by atoms with Gasteiger partial charge in [0.15, 0.2) is 0 Å². The average Bonchev–Trinajstić information content (AvgIpc) is 2.48. The van der Waals surface area contributed by atoms with Crippen LogP contribution in [0.1, 0.15) is 45.1 Å². The monoisotopic (exact) mass is 300 g/mol. The minimum Gasteiger partial charge on any atom is -0.326 e. The smallest absolute Gasteiger partial charge is 0.224 e. The van der Waals surface area contributed by atoms with Gasteiger partial charge in [-0.15, -0.1) is 0 Å². The molecular formula is C19H28N2O. The molecule has 3 heteroatoms. The summed E-state index contributed by atoms with van der Waals surface area (Å²) in [5, 5.41) is 6.52. The highest BCUT2D eigenvalue weighted by Gasteiger charge is 2.09. The molecule has 1 aliphatic carbocycles. The first-order valence-electron chi connectivity index (χ1n) is 8.38. The van der Waals surface area contributed by atoms with Crippen LogP contribution in [0.15, 0.2) is 36.4 Å². The molecule has 1 aromatic carbocycles. The van der Waals surface area contributed by atoms with Gasteiger partial charge in [0.2, 0.25) is 5.91 Å². The Morgan fingerprint density at radius 1 is 1.32 bits per heavy atom. The molecule has 1 aliphatic rings. The highest BCUT2D eigenvalue weighted by atomic mass is 16.1. The molecule has 22 heavy (non-hydrogen) atoms. The number of hydrogen-bond acceptors (Lipinski definition) is 2. The fourth-order valence-corrected chi connectivity index (χ4v) is 2.80. The molecule has 0 unspecified atom stereocenters. The Morgan fingerprint density at radius 3 is 2.91 bits per heavy atom. The Labute approximate surface area is 134 Å². The lowest BCUT2D eigenvalue weighted by molar-refractivity contribution is -0.116. The van der Waals surface area contributed by atoms with E-state index in [0.29, 0.717) is 12.3 Å². The van der Waals surface area contributed by atoms with Gasteiger partial charge in [0, 0.05) is 18.7 Å². The summed E-state index contributed by atoms with van der Waals surface area (Å²) in [5.41, 5.74) is 2.11. The highest BCUT2D eigenvalue weighted by molar-refractivity contribution is 5.90. The van der Waals surface area contributed by atoms with E-state index in [4.69, 9.17) is 0 Å². The van der Waals surface area contributed by atoms with E-state index in [-0.39, 0.29) is 5.91 Å². The van der Waals surface area contributed by atoms with Gasteiger partial charge >= 0.3 is 0 Å². The summed E-state index contributed by atoms with van der Waals surface area (Å²) < 4.78 is 0. The third-order valence-electron chi connectivity index (χ3n) is 3.94. The van der Waals surface area contributed by atoms with E-state index in [2.05, 4.69) is 48.8 Å². The number of hydrogen-bond donors (Lipinski definition) is 2. The summed E-state index contributed by atoms with van der Waals surface area (Å²) in [5.74, 6) is 1.24. The molecule has 1 amide bonds. The van der Waals surface area contributed by atoms with Crippen LogP contribution in [0.4, 0.5) is 5.69 Å². The van der Waals surface area contributed by atoms with Crippen LogP contribution in [-0.2, 0) is 11.3 Å². The summed E-state index contributed by atoms with van der Waals surface area (Å²) in [6.07, 6.45) is 8.83.